The third-order valence-corrected chi connectivity index (χ3v) is 5.10. The van der Waals surface area contributed by atoms with Crippen LogP contribution in [-0.2, 0) is 29.0 Å². The van der Waals surface area contributed by atoms with E-state index in [4.69, 9.17) is 14.0 Å². The van der Waals surface area contributed by atoms with E-state index in [1.807, 2.05) is 25.1 Å². The van der Waals surface area contributed by atoms with Crippen molar-refractivity contribution in [2.45, 2.75) is 45.4 Å². The van der Waals surface area contributed by atoms with Crippen molar-refractivity contribution in [3.63, 3.8) is 0 Å². The zero-order valence-corrected chi connectivity index (χ0v) is 16.5. The van der Waals surface area contributed by atoms with Gasteiger partial charge in [0.2, 0.25) is 0 Å². The molecule has 3 aromatic rings. The first-order valence-electron chi connectivity index (χ1n) is 10.0. The van der Waals surface area contributed by atoms with Crippen molar-refractivity contribution in [2.75, 3.05) is 13.2 Å². The number of aryl methyl sites for hydroxylation is 1. The second-order valence-electron chi connectivity index (χ2n) is 7.18. The summed E-state index contributed by atoms with van der Waals surface area (Å²) in [7, 11) is 0. The van der Waals surface area contributed by atoms with Gasteiger partial charge in [0.15, 0.2) is 0 Å². The van der Waals surface area contributed by atoms with Crippen LogP contribution in [0.1, 0.15) is 46.9 Å². The van der Waals surface area contributed by atoms with E-state index in [0.29, 0.717) is 24.4 Å². The molecule has 29 heavy (non-hydrogen) atoms. The molecule has 2 aromatic heterocycles. The number of nitrogens with one attached hydrogen (secondary N) is 1. The number of fused-ring (bicyclic) bond motifs is 1. The Hall–Kier alpha value is -2.77. The molecule has 7 nitrogen and oxygen atoms in total. The molecule has 0 atom stereocenters. The Morgan fingerprint density at radius 3 is 2.90 bits per heavy atom. The molecule has 1 N–H and O–H groups in total. The van der Waals surface area contributed by atoms with Crippen molar-refractivity contribution in [1.82, 2.24) is 15.5 Å². The summed E-state index contributed by atoms with van der Waals surface area (Å²) in [5, 5.41) is 7.72. The van der Waals surface area contributed by atoms with E-state index in [2.05, 4.69) is 21.5 Å². The van der Waals surface area contributed by atoms with Crippen molar-refractivity contribution < 1.29 is 18.8 Å². The first kappa shape index (κ1) is 19.5. The lowest BCUT2D eigenvalue weighted by molar-refractivity contribution is -0.0390. The monoisotopic (exact) mass is 395 g/mol. The van der Waals surface area contributed by atoms with Crippen LogP contribution in [0, 0.1) is 0 Å². The van der Waals surface area contributed by atoms with Gasteiger partial charge in [0.1, 0.15) is 0 Å². The molecule has 4 rings (SSSR count). The van der Waals surface area contributed by atoms with E-state index in [-0.39, 0.29) is 12.0 Å². The van der Waals surface area contributed by atoms with E-state index in [1.54, 1.807) is 6.07 Å². The van der Waals surface area contributed by atoms with Crippen LogP contribution < -0.4 is 5.32 Å². The molecule has 3 heterocycles. The van der Waals surface area contributed by atoms with Crippen molar-refractivity contribution >= 4 is 17.0 Å². The minimum absolute atomic E-state index is 0.175. The molecule has 1 saturated heterocycles. The summed E-state index contributed by atoms with van der Waals surface area (Å²) >= 11 is 0. The van der Waals surface area contributed by atoms with Crippen LogP contribution in [0.5, 0.6) is 0 Å². The zero-order chi connectivity index (χ0) is 20.1. The van der Waals surface area contributed by atoms with Crippen LogP contribution in [0.15, 0.2) is 41.1 Å². The number of pyridine rings is 1. The smallest absolute Gasteiger partial charge is 0.257 e. The molecule has 0 radical (unpaired) electrons. The van der Waals surface area contributed by atoms with Crippen LogP contribution >= 0.6 is 0 Å². The molecular formula is C22H25N3O4. The molecule has 1 aliphatic heterocycles. The molecule has 1 aliphatic rings. The molecule has 1 amide bonds. The number of hydrogen-bond acceptors (Lipinski definition) is 6. The fourth-order valence-corrected chi connectivity index (χ4v) is 3.43. The quantitative estimate of drug-likeness (QED) is 0.660. The lowest BCUT2D eigenvalue weighted by Crippen LogP contribution is -2.23. The van der Waals surface area contributed by atoms with Crippen LogP contribution in [0.2, 0.25) is 0 Å². The summed E-state index contributed by atoms with van der Waals surface area (Å²) < 4.78 is 16.5. The average molecular weight is 395 g/mol. The lowest BCUT2D eigenvalue weighted by Gasteiger charge is -2.22. The number of amides is 1. The number of nitrogens with zero attached hydrogens (tertiary/aromatic N) is 2. The molecule has 0 spiro atoms. The van der Waals surface area contributed by atoms with E-state index in [1.165, 1.54) is 6.20 Å². The predicted octanol–water partition coefficient (Wildman–Crippen LogP) is 3.41. The second kappa shape index (κ2) is 9.15. The van der Waals surface area contributed by atoms with Crippen LogP contribution in [-0.4, -0.2) is 35.4 Å². The van der Waals surface area contributed by atoms with Gasteiger partial charge in [0, 0.05) is 26.0 Å². The number of rotatable bonds is 7. The van der Waals surface area contributed by atoms with Gasteiger partial charge in [-0.15, -0.1) is 0 Å². The standard InChI is InChI=1S/C22H25N3O4/c1-2-20-19-11-17(13-24-22(19)29-25-20)21(26)23-12-15-4-3-5-16(10-15)14-28-18-6-8-27-9-7-18/h3-5,10-11,13,18H,2,6-9,12,14H2,1H3,(H,23,26). The number of hydrogen-bond donors (Lipinski definition) is 1. The van der Waals surface area contributed by atoms with Gasteiger partial charge >= 0.3 is 0 Å². The van der Waals surface area contributed by atoms with Gasteiger partial charge in [0.05, 0.1) is 29.4 Å². The highest BCUT2D eigenvalue weighted by Crippen LogP contribution is 2.18. The molecule has 7 heteroatoms. The minimum Gasteiger partial charge on any atom is -0.381 e. The van der Waals surface area contributed by atoms with Gasteiger partial charge in [-0.05, 0) is 36.5 Å². The number of carbonyl (C=O) groups is 1. The third-order valence-electron chi connectivity index (χ3n) is 5.10. The summed E-state index contributed by atoms with van der Waals surface area (Å²) in [6, 6.07) is 9.87. The Morgan fingerprint density at radius 1 is 1.24 bits per heavy atom. The molecule has 1 aromatic carbocycles. The zero-order valence-electron chi connectivity index (χ0n) is 16.5. The van der Waals surface area contributed by atoms with Gasteiger partial charge in [-0.25, -0.2) is 4.98 Å². The van der Waals surface area contributed by atoms with Crippen LogP contribution in [0.25, 0.3) is 11.1 Å². The molecule has 0 bridgehead atoms. The first-order valence-corrected chi connectivity index (χ1v) is 10.0. The summed E-state index contributed by atoms with van der Waals surface area (Å²) in [6.07, 6.45) is 4.39. The normalized spacial score (nSPS) is 14.9. The number of benzene rings is 1. The van der Waals surface area contributed by atoms with E-state index in [0.717, 1.165) is 54.7 Å². The molecule has 1 fully saturated rings. The fourth-order valence-electron chi connectivity index (χ4n) is 3.43. The van der Waals surface area contributed by atoms with E-state index in [9.17, 15) is 4.79 Å². The van der Waals surface area contributed by atoms with Crippen molar-refractivity contribution in [2.24, 2.45) is 0 Å². The number of aromatic nitrogens is 2. The van der Waals surface area contributed by atoms with Crippen molar-refractivity contribution in [3.05, 3.63) is 58.9 Å². The van der Waals surface area contributed by atoms with Crippen molar-refractivity contribution in [1.29, 1.82) is 0 Å². The number of carbonyl (C=O) groups excluding carboxylic acids is 1. The maximum atomic E-state index is 12.6. The highest BCUT2D eigenvalue weighted by molar-refractivity contribution is 5.96. The van der Waals surface area contributed by atoms with Gasteiger partial charge in [0.25, 0.3) is 11.6 Å². The summed E-state index contributed by atoms with van der Waals surface area (Å²) in [6.45, 7) is 4.54. The molecule has 0 unspecified atom stereocenters. The molecule has 0 saturated carbocycles. The van der Waals surface area contributed by atoms with Gasteiger partial charge in [-0.3, -0.25) is 4.79 Å². The van der Waals surface area contributed by atoms with E-state index < -0.39 is 0 Å². The maximum Gasteiger partial charge on any atom is 0.257 e. The highest BCUT2D eigenvalue weighted by Gasteiger charge is 2.15. The summed E-state index contributed by atoms with van der Waals surface area (Å²) in [5.74, 6) is -0.175. The Bertz CT molecular complexity index is 979. The topological polar surface area (TPSA) is 86.5 Å². The van der Waals surface area contributed by atoms with Crippen LogP contribution in [0.3, 0.4) is 0 Å². The Labute approximate surface area is 169 Å². The lowest BCUT2D eigenvalue weighted by atomic mass is 10.1. The molecular weight excluding hydrogens is 370 g/mol. The average Bonchev–Trinajstić information content (AvgIpc) is 3.19. The fraction of sp³-hybridized carbons (Fsp3) is 0.409. The Kier molecular flexibility index (Phi) is 6.17. The summed E-state index contributed by atoms with van der Waals surface area (Å²) in [5.41, 5.74) is 3.88. The van der Waals surface area contributed by atoms with Gasteiger partial charge in [-0.1, -0.05) is 36.3 Å². The second-order valence-corrected chi connectivity index (χ2v) is 7.18. The maximum absolute atomic E-state index is 12.6. The first-order chi connectivity index (χ1) is 14.2. The SMILES string of the molecule is CCc1noc2ncc(C(=O)NCc3cccc(COC4CCOCC4)c3)cc12. The Morgan fingerprint density at radius 2 is 2.07 bits per heavy atom. The predicted molar refractivity (Wildman–Crippen MR) is 107 cm³/mol. The molecule has 0 aliphatic carbocycles. The largest absolute Gasteiger partial charge is 0.381 e. The van der Waals surface area contributed by atoms with E-state index >= 15 is 0 Å². The molecule has 152 valence electrons. The van der Waals surface area contributed by atoms with Crippen LogP contribution in [0.4, 0.5) is 0 Å². The van der Waals surface area contributed by atoms with Crippen molar-refractivity contribution in [3.8, 4) is 0 Å². The Balaban J connectivity index is 1.35. The third kappa shape index (κ3) is 4.81. The minimum atomic E-state index is -0.175. The van der Waals surface area contributed by atoms with Gasteiger partial charge < -0.3 is 19.3 Å². The highest BCUT2D eigenvalue weighted by atomic mass is 16.5. The van der Waals surface area contributed by atoms with Gasteiger partial charge in [-0.2, -0.15) is 0 Å². The summed E-state index contributed by atoms with van der Waals surface area (Å²) in [4.78, 5) is 16.8. The number of ether oxygens (including phenoxy) is 2.